The van der Waals surface area contributed by atoms with Crippen LogP contribution in [0, 0.1) is 11.6 Å². The zero-order valence-corrected chi connectivity index (χ0v) is 15.1. The first kappa shape index (κ1) is 20.9. The van der Waals surface area contributed by atoms with E-state index in [0.717, 1.165) is 36.4 Å². The molecule has 156 valence electrons. The molecule has 0 saturated carbocycles. The van der Waals surface area contributed by atoms with Gasteiger partial charge in [0, 0.05) is 12.7 Å². The second-order valence-corrected chi connectivity index (χ2v) is 5.90. The van der Waals surface area contributed by atoms with Gasteiger partial charge in [-0.05, 0) is 36.4 Å². The van der Waals surface area contributed by atoms with Gasteiger partial charge in [-0.2, -0.15) is 13.2 Å². The maximum Gasteiger partial charge on any atom is 0.435 e. The van der Waals surface area contributed by atoms with Gasteiger partial charge >= 0.3 is 6.18 Å². The molecule has 0 unspecified atom stereocenters. The standard InChI is InChI=1S/C18H12F5N5O2/c1-24-16(29)12-8-10(5-6-13(12)20)25-17(30)14-15(18(21,22)23)28(27-26-14)11-4-2-3-9(19)7-11/h2-8H,1H3,(H,24,29)(H,25,30). The van der Waals surface area contributed by atoms with Gasteiger partial charge in [0.1, 0.15) is 11.6 Å². The number of nitrogens with zero attached hydrogens (tertiary/aromatic N) is 3. The second-order valence-electron chi connectivity index (χ2n) is 5.90. The van der Waals surface area contributed by atoms with Gasteiger partial charge in [0.15, 0.2) is 11.4 Å². The van der Waals surface area contributed by atoms with Crippen molar-refractivity contribution < 1.29 is 31.5 Å². The van der Waals surface area contributed by atoms with Crippen molar-refractivity contribution in [2.45, 2.75) is 6.18 Å². The summed E-state index contributed by atoms with van der Waals surface area (Å²) in [6.45, 7) is 0. The van der Waals surface area contributed by atoms with Crippen LogP contribution in [0.3, 0.4) is 0 Å². The van der Waals surface area contributed by atoms with E-state index >= 15 is 0 Å². The van der Waals surface area contributed by atoms with Crippen molar-refractivity contribution in [1.82, 2.24) is 20.3 Å². The highest BCUT2D eigenvalue weighted by Gasteiger charge is 2.42. The average molecular weight is 425 g/mol. The fraction of sp³-hybridized carbons (Fsp3) is 0.111. The average Bonchev–Trinajstić information content (AvgIpc) is 3.15. The van der Waals surface area contributed by atoms with Gasteiger partial charge in [0.2, 0.25) is 0 Å². The van der Waals surface area contributed by atoms with Gasteiger partial charge in [-0.1, -0.05) is 11.3 Å². The number of alkyl halides is 3. The SMILES string of the molecule is CNC(=O)c1cc(NC(=O)c2nnn(-c3cccc(F)c3)c2C(F)(F)F)ccc1F. The Bertz CT molecular complexity index is 1130. The molecule has 0 fully saturated rings. The third-order valence-corrected chi connectivity index (χ3v) is 3.90. The number of nitrogens with one attached hydrogen (secondary N) is 2. The molecule has 0 aliphatic heterocycles. The molecule has 3 aromatic rings. The Labute approximate surface area is 165 Å². The predicted octanol–water partition coefficient (Wildman–Crippen LogP) is 3.18. The lowest BCUT2D eigenvalue weighted by molar-refractivity contribution is -0.143. The van der Waals surface area contributed by atoms with Gasteiger partial charge < -0.3 is 10.6 Å². The van der Waals surface area contributed by atoms with Crippen LogP contribution in [-0.2, 0) is 6.18 Å². The maximum absolute atomic E-state index is 13.7. The van der Waals surface area contributed by atoms with E-state index in [-0.39, 0.29) is 11.4 Å². The van der Waals surface area contributed by atoms with Crippen molar-refractivity contribution in [2.75, 3.05) is 12.4 Å². The predicted molar refractivity (Wildman–Crippen MR) is 94.1 cm³/mol. The topological polar surface area (TPSA) is 88.9 Å². The minimum absolute atomic E-state index is 0.145. The monoisotopic (exact) mass is 425 g/mol. The van der Waals surface area contributed by atoms with Crippen LogP contribution in [-0.4, -0.2) is 33.9 Å². The van der Waals surface area contributed by atoms with Gasteiger partial charge in [-0.25, -0.2) is 13.5 Å². The molecule has 0 aliphatic rings. The van der Waals surface area contributed by atoms with Crippen molar-refractivity contribution in [2.24, 2.45) is 0 Å². The van der Waals surface area contributed by atoms with Crippen molar-refractivity contribution in [3.8, 4) is 5.69 Å². The van der Waals surface area contributed by atoms with Gasteiger partial charge in [0.05, 0.1) is 11.3 Å². The Balaban J connectivity index is 2.00. The van der Waals surface area contributed by atoms with Crippen LogP contribution in [0.15, 0.2) is 42.5 Å². The Morgan fingerprint density at radius 1 is 1.03 bits per heavy atom. The Morgan fingerprint density at radius 3 is 2.40 bits per heavy atom. The Hall–Kier alpha value is -3.83. The quantitative estimate of drug-likeness (QED) is 0.629. The Morgan fingerprint density at radius 2 is 1.77 bits per heavy atom. The number of hydrogen-bond donors (Lipinski definition) is 2. The molecular weight excluding hydrogens is 413 g/mol. The van der Waals surface area contributed by atoms with E-state index in [1.54, 1.807) is 0 Å². The fourth-order valence-electron chi connectivity index (χ4n) is 2.58. The van der Waals surface area contributed by atoms with Crippen LogP contribution in [0.1, 0.15) is 26.5 Å². The second kappa shape index (κ2) is 7.89. The molecule has 2 amide bonds. The first-order valence-electron chi connectivity index (χ1n) is 8.23. The summed E-state index contributed by atoms with van der Waals surface area (Å²) in [6, 6.07) is 7.03. The van der Waals surface area contributed by atoms with Crippen molar-refractivity contribution >= 4 is 17.5 Å². The summed E-state index contributed by atoms with van der Waals surface area (Å²) in [4.78, 5) is 24.1. The van der Waals surface area contributed by atoms with Crippen LogP contribution in [0.5, 0.6) is 0 Å². The molecular formula is C18H12F5N5O2. The molecule has 2 aromatic carbocycles. The highest BCUT2D eigenvalue weighted by molar-refractivity contribution is 6.04. The summed E-state index contributed by atoms with van der Waals surface area (Å²) in [5, 5.41) is 10.9. The van der Waals surface area contributed by atoms with Crippen molar-refractivity contribution in [1.29, 1.82) is 0 Å². The summed E-state index contributed by atoms with van der Waals surface area (Å²) in [5.41, 5.74) is -3.47. The molecule has 12 heteroatoms. The van der Waals surface area contributed by atoms with E-state index in [1.165, 1.54) is 13.1 Å². The van der Waals surface area contributed by atoms with E-state index in [1.807, 2.05) is 0 Å². The molecule has 0 spiro atoms. The normalized spacial score (nSPS) is 11.3. The number of halogens is 5. The summed E-state index contributed by atoms with van der Waals surface area (Å²) < 4.78 is 68.3. The summed E-state index contributed by atoms with van der Waals surface area (Å²) >= 11 is 0. The van der Waals surface area contributed by atoms with Crippen LogP contribution < -0.4 is 10.6 Å². The molecule has 7 nitrogen and oxygen atoms in total. The lowest BCUT2D eigenvalue weighted by Gasteiger charge is -2.12. The van der Waals surface area contributed by atoms with Gasteiger partial charge in [-0.15, -0.1) is 5.10 Å². The van der Waals surface area contributed by atoms with Crippen molar-refractivity contribution in [3.05, 3.63) is 71.1 Å². The minimum atomic E-state index is -5.06. The first-order valence-corrected chi connectivity index (χ1v) is 8.23. The zero-order valence-electron chi connectivity index (χ0n) is 15.1. The third-order valence-electron chi connectivity index (χ3n) is 3.90. The summed E-state index contributed by atoms with van der Waals surface area (Å²) in [6.07, 6.45) is -5.06. The van der Waals surface area contributed by atoms with Gasteiger partial charge in [-0.3, -0.25) is 9.59 Å². The van der Waals surface area contributed by atoms with Crippen LogP contribution in [0.2, 0.25) is 0 Å². The highest BCUT2D eigenvalue weighted by Crippen LogP contribution is 2.33. The molecule has 30 heavy (non-hydrogen) atoms. The largest absolute Gasteiger partial charge is 0.435 e. The van der Waals surface area contributed by atoms with E-state index < -0.39 is 46.6 Å². The lowest BCUT2D eigenvalue weighted by Crippen LogP contribution is -2.22. The number of hydrogen-bond acceptors (Lipinski definition) is 4. The number of anilines is 1. The molecule has 3 rings (SSSR count). The number of carbonyl (C=O) groups is 2. The smallest absolute Gasteiger partial charge is 0.355 e. The van der Waals surface area contributed by atoms with Crippen LogP contribution in [0.4, 0.5) is 27.6 Å². The lowest BCUT2D eigenvalue weighted by atomic mass is 10.1. The Kier molecular flexibility index (Phi) is 5.49. The first-order chi connectivity index (χ1) is 14.1. The molecule has 0 bridgehead atoms. The van der Waals surface area contributed by atoms with Gasteiger partial charge in [0.25, 0.3) is 11.8 Å². The van der Waals surface area contributed by atoms with Crippen LogP contribution in [0.25, 0.3) is 5.69 Å². The molecule has 0 radical (unpaired) electrons. The molecule has 0 saturated heterocycles. The molecule has 0 aliphatic carbocycles. The number of benzene rings is 2. The van der Waals surface area contributed by atoms with Crippen LogP contribution >= 0.6 is 0 Å². The molecule has 0 atom stereocenters. The van der Waals surface area contributed by atoms with E-state index in [9.17, 15) is 31.5 Å². The fourth-order valence-corrected chi connectivity index (χ4v) is 2.58. The summed E-state index contributed by atoms with van der Waals surface area (Å²) in [5.74, 6) is -3.80. The maximum atomic E-state index is 13.7. The van der Waals surface area contributed by atoms with Crippen molar-refractivity contribution in [3.63, 3.8) is 0 Å². The van der Waals surface area contributed by atoms with E-state index in [2.05, 4.69) is 20.9 Å². The van der Waals surface area contributed by atoms with E-state index in [0.29, 0.717) is 4.68 Å². The number of carbonyl (C=O) groups excluding carboxylic acids is 2. The number of aromatic nitrogens is 3. The number of rotatable bonds is 4. The summed E-state index contributed by atoms with van der Waals surface area (Å²) in [7, 11) is 1.26. The minimum Gasteiger partial charge on any atom is -0.355 e. The van der Waals surface area contributed by atoms with E-state index in [4.69, 9.17) is 0 Å². The number of amides is 2. The molecule has 1 heterocycles. The zero-order chi connectivity index (χ0) is 22.1. The highest BCUT2D eigenvalue weighted by atomic mass is 19.4. The molecule has 1 aromatic heterocycles. The third kappa shape index (κ3) is 4.11. The molecule has 2 N–H and O–H groups in total.